The van der Waals surface area contributed by atoms with Crippen molar-refractivity contribution in [3.8, 4) is 45.0 Å². The lowest BCUT2D eigenvalue weighted by Gasteiger charge is -2.20. The fourth-order valence-corrected chi connectivity index (χ4v) is 10.9. The van der Waals surface area contributed by atoms with Crippen molar-refractivity contribution in [1.29, 1.82) is 0 Å². The second-order valence-electron chi connectivity index (χ2n) is 19.6. The van der Waals surface area contributed by atoms with Crippen LogP contribution in [0.15, 0.2) is 193 Å². The number of nitrogen functional groups attached to an aromatic ring is 1. The molecule has 0 saturated carbocycles. The standard InChI is InChI=1S/C29H28N6O2S.C23H23N5O2S.C6H6ClN.ClH/c1-29(2,3)35-38(36,37)23-16-21(17-30-19-23)27-33-25-14-9-13-24(20-10-5-4-6-11-20)26(25)28(34-27)32-18-22-12-7-8-15-31-22;1-23(2,3)28-31(29,30)17-12-16(13-25-14-17)22-26-19-11-7-10-18(20(19)21(24)27-22)15-8-5-4-6-9-15;7-5-6-3-1-2-4-8-6;/h4-17,19,35H,18H2,1-3H3,(H,32,33,34);4-14,28H,1-3H3,(H2,24,26,27);1-4H,5H2;1H. The number of aromatic nitrogens is 8. The van der Waals surface area contributed by atoms with Crippen LogP contribution in [0.25, 0.3) is 66.8 Å². The Morgan fingerprint density at radius 2 is 0.949 bits per heavy atom. The highest BCUT2D eigenvalue weighted by atomic mass is 35.5. The van der Waals surface area contributed by atoms with E-state index in [4.69, 9.17) is 27.3 Å². The Hall–Kier alpha value is -7.84. The second-order valence-corrected chi connectivity index (χ2v) is 23.3. The van der Waals surface area contributed by atoms with E-state index in [0.717, 1.165) is 49.9 Å². The first-order valence-electron chi connectivity index (χ1n) is 24.3. The van der Waals surface area contributed by atoms with Crippen molar-refractivity contribution in [3.63, 3.8) is 0 Å². The van der Waals surface area contributed by atoms with Crippen molar-refractivity contribution in [2.75, 3.05) is 11.1 Å². The van der Waals surface area contributed by atoms with Gasteiger partial charge in [0.1, 0.15) is 21.4 Å². The molecule has 0 unspecified atom stereocenters. The van der Waals surface area contributed by atoms with Crippen LogP contribution >= 0.6 is 24.0 Å². The van der Waals surface area contributed by atoms with Gasteiger partial charge in [0.05, 0.1) is 45.6 Å². The molecule has 0 aliphatic carbocycles. The lowest BCUT2D eigenvalue weighted by molar-refractivity contribution is 0.489. The van der Waals surface area contributed by atoms with Gasteiger partial charge in [0.2, 0.25) is 20.0 Å². The maximum absolute atomic E-state index is 13.0. The van der Waals surface area contributed by atoms with Crippen molar-refractivity contribution >= 4 is 77.5 Å². The van der Waals surface area contributed by atoms with E-state index in [9.17, 15) is 16.8 Å². The molecule has 400 valence electrons. The first-order chi connectivity index (χ1) is 36.8. The molecular weight excluding hydrogens is 1060 g/mol. The van der Waals surface area contributed by atoms with Gasteiger partial charge in [-0.3, -0.25) is 19.9 Å². The van der Waals surface area contributed by atoms with Gasteiger partial charge in [-0.05, 0) is 112 Å². The SMILES string of the molecule is CC(C)(C)NS(=O)(=O)c1cncc(-c2nc(N)c3c(-c4ccccc4)cccc3n2)c1.CC(C)(C)NS(=O)(=O)c1cncc(-c2nc(NCc3ccccn3)c3c(-c4ccccc4)cccc3n2)c1.Cl.ClCc1ccccn1. The van der Waals surface area contributed by atoms with Gasteiger partial charge in [-0.15, -0.1) is 24.0 Å². The zero-order valence-electron chi connectivity index (χ0n) is 43.6. The lowest BCUT2D eigenvalue weighted by Crippen LogP contribution is -2.40. The molecule has 5 N–H and O–H groups in total. The van der Waals surface area contributed by atoms with E-state index in [1.807, 2.05) is 133 Å². The van der Waals surface area contributed by atoms with Crippen LogP contribution < -0.4 is 20.5 Å². The fourth-order valence-electron chi connectivity index (χ4n) is 7.95. The second kappa shape index (κ2) is 25.1. The molecule has 0 aliphatic rings. The van der Waals surface area contributed by atoms with Gasteiger partial charge in [0, 0.05) is 59.4 Å². The molecule has 16 nitrogen and oxygen atoms in total. The van der Waals surface area contributed by atoms with Crippen molar-refractivity contribution in [2.45, 2.75) is 74.8 Å². The maximum Gasteiger partial charge on any atom is 0.242 e. The predicted molar refractivity (Wildman–Crippen MR) is 314 cm³/mol. The van der Waals surface area contributed by atoms with E-state index in [-0.39, 0.29) is 22.2 Å². The Morgan fingerprint density at radius 3 is 1.40 bits per heavy atom. The Balaban J connectivity index is 0.000000198. The molecule has 4 aromatic carbocycles. The summed E-state index contributed by atoms with van der Waals surface area (Å²) in [5, 5.41) is 5.05. The van der Waals surface area contributed by atoms with Gasteiger partial charge in [-0.2, -0.15) is 0 Å². The number of halogens is 2. The molecule has 6 heterocycles. The molecule has 0 radical (unpaired) electrons. The molecule has 0 amide bonds. The molecule has 20 heteroatoms. The summed E-state index contributed by atoms with van der Waals surface area (Å²) in [6, 6.07) is 46.1. The van der Waals surface area contributed by atoms with Crippen LogP contribution in [-0.4, -0.2) is 67.8 Å². The molecule has 6 aromatic heterocycles. The zero-order valence-corrected chi connectivity index (χ0v) is 46.8. The van der Waals surface area contributed by atoms with Gasteiger partial charge in [-0.1, -0.05) is 97.1 Å². The summed E-state index contributed by atoms with van der Waals surface area (Å²) >= 11 is 5.46. The van der Waals surface area contributed by atoms with Crippen LogP contribution in [0, 0.1) is 0 Å². The molecule has 78 heavy (non-hydrogen) atoms. The Bertz CT molecular complexity index is 3880. The number of hydrogen-bond donors (Lipinski definition) is 4. The number of fused-ring (bicyclic) bond motifs is 2. The third kappa shape index (κ3) is 15.0. The predicted octanol–water partition coefficient (Wildman–Crippen LogP) is 11.7. The third-order valence-corrected chi connectivity index (χ3v) is 14.8. The molecule has 0 saturated heterocycles. The number of rotatable bonds is 12. The van der Waals surface area contributed by atoms with Crippen molar-refractivity contribution < 1.29 is 16.8 Å². The molecule has 10 rings (SSSR count). The monoisotopic (exact) mass is 1120 g/mol. The first kappa shape index (κ1) is 57.9. The highest BCUT2D eigenvalue weighted by Gasteiger charge is 2.25. The highest BCUT2D eigenvalue weighted by Crippen LogP contribution is 2.36. The summed E-state index contributed by atoms with van der Waals surface area (Å²) in [7, 11) is -7.53. The quantitative estimate of drug-likeness (QED) is 0.0834. The van der Waals surface area contributed by atoms with E-state index in [1.54, 1.807) is 66.2 Å². The normalized spacial score (nSPS) is 11.6. The van der Waals surface area contributed by atoms with Gasteiger partial charge in [-0.25, -0.2) is 46.2 Å². The number of hydrogen-bond acceptors (Lipinski definition) is 14. The number of nitrogens with zero attached hydrogens (tertiary/aromatic N) is 8. The number of sulfonamides is 2. The first-order valence-corrected chi connectivity index (χ1v) is 27.8. The Kier molecular flexibility index (Phi) is 18.6. The van der Waals surface area contributed by atoms with Crippen LogP contribution in [0.4, 0.5) is 11.6 Å². The zero-order chi connectivity index (χ0) is 54.8. The molecule has 10 aromatic rings. The third-order valence-electron chi connectivity index (χ3n) is 11.1. The van der Waals surface area contributed by atoms with Gasteiger partial charge < -0.3 is 11.1 Å². The number of alkyl halides is 1. The van der Waals surface area contributed by atoms with Crippen LogP contribution in [0.5, 0.6) is 0 Å². The molecule has 0 aliphatic heterocycles. The lowest BCUT2D eigenvalue weighted by atomic mass is 10.0. The van der Waals surface area contributed by atoms with Gasteiger partial charge in [0.15, 0.2) is 11.6 Å². The topological polar surface area (TPSA) is 234 Å². The number of nitrogens with two attached hydrogens (primary N) is 1. The molecule has 0 spiro atoms. The van der Waals surface area contributed by atoms with Crippen molar-refractivity contribution in [3.05, 3.63) is 194 Å². The van der Waals surface area contributed by atoms with E-state index in [2.05, 4.69) is 44.7 Å². The van der Waals surface area contributed by atoms with Crippen LogP contribution in [0.1, 0.15) is 52.9 Å². The number of nitrogens with one attached hydrogen (secondary N) is 3. The molecular formula is C58H58Cl2N12O4S2. The Labute approximate surface area is 466 Å². The summed E-state index contributed by atoms with van der Waals surface area (Å²) in [4.78, 5) is 35.6. The molecule has 0 atom stereocenters. The highest BCUT2D eigenvalue weighted by molar-refractivity contribution is 7.89. The number of pyridine rings is 4. The fraction of sp³-hybridized carbons (Fsp3) is 0.172. The average Bonchev–Trinajstić information content (AvgIpc) is 3.46. The summed E-state index contributed by atoms with van der Waals surface area (Å²) < 4.78 is 56.6. The average molecular weight is 1120 g/mol. The van der Waals surface area contributed by atoms with Crippen LogP contribution in [0.2, 0.25) is 0 Å². The molecule has 0 bridgehead atoms. The van der Waals surface area contributed by atoms with Crippen LogP contribution in [0.3, 0.4) is 0 Å². The van der Waals surface area contributed by atoms with Crippen molar-refractivity contribution in [2.24, 2.45) is 0 Å². The van der Waals surface area contributed by atoms with Crippen LogP contribution in [-0.2, 0) is 32.5 Å². The summed E-state index contributed by atoms with van der Waals surface area (Å²) in [6.07, 6.45) is 9.21. The number of benzene rings is 4. The van der Waals surface area contributed by atoms with E-state index < -0.39 is 31.1 Å². The molecule has 0 fully saturated rings. The van der Waals surface area contributed by atoms with Gasteiger partial charge in [0.25, 0.3) is 0 Å². The summed E-state index contributed by atoms with van der Waals surface area (Å²) in [5.74, 6) is 2.12. The minimum atomic E-state index is -3.78. The van der Waals surface area contributed by atoms with E-state index >= 15 is 0 Å². The minimum Gasteiger partial charge on any atom is -0.383 e. The van der Waals surface area contributed by atoms with Crippen molar-refractivity contribution in [1.82, 2.24) is 49.3 Å². The Morgan fingerprint density at radius 1 is 0.500 bits per heavy atom. The largest absolute Gasteiger partial charge is 0.383 e. The van der Waals surface area contributed by atoms with E-state index in [0.29, 0.717) is 52.4 Å². The maximum atomic E-state index is 13.0. The van der Waals surface area contributed by atoms with Gasteiger partial charge >= 0.3 is 0 Å². The smallest absolute Gasteiger partial charge is 0.242 e. The van der Waals surface area contributed by atoms with E-state index in [1.165, 1.54) is 24.7 Å². The minimum absolute atomic E-state index is 0. The number of anilines is 2. The summed E-state index contributed by atoms with van der Waals surface area (Å²) in [5.41, 5.74) is 13.2. The summed E-state index contributed by atoms with van der Waals surface area (Å²) in [6.45, 7) is 11.2.